The molecule has 0 aromatic heterocycles. The second kappa shape index (κ2) is 7.90. The van der Waals surface area contributed by atoms with Gasteiger partial charge in [-0.3, -0.25) is 4.79 Å². The summed E-state index contributed by atoms with van der Waals surface area (Å²) in [7, 11) is 0. The van der Waals surface area contributed by atoms with Crippen molar-refractivity contribution in [1.29, 1.82) is 0 Å². The van der Waals surface area contributed by atoms with Gasteiger partial charge in [0.05, 0.1) is 6.04 Å². The van der Waals surface area contributed by atoms with Crippen LogP contribution in [-0.2, 0) is 4.79 Å². The number of ether oxygens (including phenoxy) is 1. The van der Waals surface area contributed by atoms with Gasteiger partial charge in [0, 0.05) is 12.6 Å². The SMILES string of the molecule is CC(C)[C@H](N)C(=O)NCC(O)COc1ccc(F)c(F)c1. The third kappa shape index (κ3) is 5.65. The fourth-order valence-corrected chi connectivity index (χ4v) is 1.46. The Labute approximate surface area is 122 Å². The van der Waals surface area contributed by atoms with Crippen LogP contribution in [0.5, 0.6) is 5.75 Å². The van der Waals surface area contributed by atoms with Crippen LogP contribution in [-0.4, -0.2) is 36.3 Å². The number of carbonyl (C=O) groups excluding carboxylic acids is 1. The molecule has 1 amide bonds. The lowest BCUT2D eigenvalue weighted by molar-refractivity contribution is -0.123. The van der Waals surface area contributed by atoms with E-state index in [0.29, 0.717) is 0 Å². The zero-order chi connectivity index (χ0) is 16.0. The summed E-state index contributed by atoms with van der Waals surface area (Å²) in [5, 5.41) is 12.1. The molecule has 0 aliphatic carbocycles. The molecule has 0 aliphatic rings. The number of aliphatic hydroxyl groups is 1. The normalized spacial score (nSPS) is 13.9. The van der Waals surface area contributed by atoms with E-state index in [4.69, 9.17) is 10.5 Å². The summed E-state index contributed by atoms with van der Waals surface area (Å²) < 4.78 is 30.7. The molecule has 0 spiro atoms. The predicted molar refractivity (Wildman–Crippen MR) is 73.7 cm³/mol. The number of benzene rings is 1. The van der Waals surface area contributed by atoms with E-state index in [9.17, 15) is 18.7 Å². The summed E-state index contributed by atoms with van der Waals surface area (Å²) in [6.07, 6.45) is -0.985. The third-order valence-electron chi connectivity index (χ3n) is 2.87. The molecule has 0 fully saturated rings. The van der Waals surface area contributed by atoms with E-state index in [1.807, 2.05) is 13.8 Å². The molecule has 0 saturated carbocycles. The molecule has 7 heteroatoms. The molecule has 0 radical (unpaired) electrons. The van der Waals surface area contributed by atoms with Gasteiger partial charge in [-0.15, -0.1) is 0 Å². The van der Waals surface area contributed by atoms with Gasteiger partial charge < -0.3 is 20.9 Å². The lowest BCUT2D eigenvalue weighted by Gasteiger charge is -2.17. The topological polar surface area (TPSA) is 84.6 Å². The van der Waals surface area contributed by atoms with Crippen LogP contribution in [0.4, 0.5) is 8.78 Å². The van der Waals surface area contributed by atoms with Crippen LogP contribution in [0.25, 0.3) is 0 Å². The molecule has 21 heavy (non-hydrogen) atoms. The van der Waals surface area contributed by atoms with Crippen LogP contribution < -0.4 is 15.8 Å². The Kier molecular flexibility index (Phi) is 6.51. The molecule has 5 nitrogen and oxygen atoms in total. The summed E-state index contributed by atoms with van der Waals surface area (Å²) in [5.74, 6) is -2.29. The van der Waals surface area contributed by atoms with Gasteiger partial charge in [-0.1, -0.05) is 13.8 Å². The molecule has 0 saturated heterocycles. The Hall–Kier alpha value is -1.73. The molecule has 2 atom stereocenters. The monoisotopic (exact) mass is 302 g/mol. The van der Waals surface area contributed by atoms with Gasteiger partial charge in [0.2, 0.25) is 5.91 Å². The maximum atomic E-state index is 12.9. The molecule has 0 heterocycles. The summed E-state index contributed by atoms with van der Waals surface area (Å²) in [6, 6.07) is 2.41. The van der Waals surface area contributed by atoms with Gasteiger partial charge in [0.25, 0.3) is 0 Å². The first kappa shape index (κ1) is 17.3. The van der Waals surface area contributed by atoms with Gasteiger partial charge in [-0.2, -0.15) is 0 Å². The lowest BCUT2D eigenvalue weighted by Crippen LogP contribution is -2.46. The zero-order valence-corrected chi connectivity index (χ0v) is 12.0. The zero-order valence-electron chi connectivity index (χ0n) is 12.0. The van der Waals surface area contributed by atoms with Crippen molar-refractivity contribution in [3.63, 3.8) is 0 Å². The van der Waals surface area contributed by atoms with Crippen molar-refractivity contribution in [1.82, 2.24) is 5.32 Å². The minimum atomic E-state index is -1.03. The molecule has 4 N–H and O–H groups in total. The van der Waals surface area contributed by atoms with E-state index in [1.54, 1.807) is 0 Å². The summed E-state index contributed by atoms with van der Waals surface area (Å²) >= 11 is 0. The van der Waals surface area contributed by atoms with Crippen molar-refractivity contribution in [2.75, 3.05) is 13.2 Å². The minimum absolute atomic E-state index is 0.0133. The number of aliphatic hydroxyl groups excluding tert-OH is 1. The van der Waals surface area contributed by atoms with Gasteiger partial charge in [-0.25, -0.2) is 8.78 Å². The average Bonchev–Trinajstić information content (AvgIpc) is 2.44. The predicted octanol–water partition coefficient (Wildman–Crippen LogP) is 0.804. The van der Waals surface area contributed by atoms with Crippen molar-refractivity contribution in [3.8, 4) is 5.75 Å². The molecule has 1 rings (SSSR count). The van der Waals surface area contributed by atoms with Crippen LogP contribution in [0, 0.1) is 17.6 Å². The van der Waals surface area contributed by atoms with Gasteiger partial charge in [0.15, 0.2) is 11.6 Å². The van der Waals surface area contributed by atoms with E-state index >= 15 is 0 Å². The summed E-state index contributed by atoms with van der Waals surface area (Å²) in [4.78, 5) is 11.6. The second-order valence-electron chi connectivity index (χ2n) is 5.06. The van der Waals surface area contributed by atoms with Crippen molar-refractivity contribution in [2.24, 2.45) is 11.7 Å². The Morgan fingerprint density at radius 2 is 2.05 bits per heavy atom. The van der Waals surface area contributed by atoms with Gasteiger partial charge in [0.1, 0.15) is 18.5 Å². The fourth-order valence-electron chi connectivity index (χ4n) is 1.46. The lowest BCUT2D eigenvalue weighted by atomic mass is 10.1. The van der Waals surface area contributed by atoms with Crippen molar-refractivity contribution >= 4 is 5.91 Å². The Bertz CT molecular complexity index is 483. The van der Waals surface area contributed by atoms with Crippen LogP contribution in [0.1, 0.15) is 13.8 Å². The number of rotatable bonds is 7. The van der Waals surface area contributed by atoms with Crippen LogP contribution in [0.3, 0.4) is 0 Å². The maximum Gasteiger partial charge on any atom is 0.237 e. The van der Waals surface area contributed by atoms with Crippen LogP contribution in [0.15, 0.2) is 18.2 Å². The molecule has 1 aromatic rings. The first-order chi connectivity index (χ1) is 9.81. The molecule has 1 aromatic carbocycles. The highest BCUT2D eigenvalue weighted by atomic mass is 19.2. The summed E-state index contributed by atoms with van der Waals surface area (Å²) in [6.45, 7) is 3.42. The molecular formula is C14H20F2N2O3. The van der Waals surface area contributed by atoms with E-state index < -0.39 is 23.8 Å². The highest BCUT2D eigenvalue weighted by molar-refractivity contribution is 5.81. The van der Waals surface area contributed by atoms with Gasteiger partial charge >= 0.3 is 0 Å². The highest BCUT2D eigenvalue weighted by Crippen LogP contribution is 2.15. The van der Waals surface area contributed by atoms with Gasteiger partial charge in [-0.05, 0) is 18.1 Å². The highest BCUT2D eigenvalue weighted by Gasteiger charge is 2.18. The molecule has 1 unspecified atom stereocenters. The van der Waals surface area contributed by atoms with E-state index in [1.165, 1.54) is 6.07 Å². The fraction of sp³-hybridized carbons (Fsp3) is 0.500. The quantitative estimate of drug-likeness (QED) is 0.696. The number of nitrogens with two attached hydrogens (primary N) is 1. The van der Waals surface area contributed by atoms with Crippen LogP contribution >= 0.6 is 0 Å². The molecular weight excluding hydrogens is 282 g/mol. The van der Waals surface area contributed by atoms with Crippen molar-refractivity contribution in [3.05, 3.63) is 29.8 Å². The minimum Gasteiger partial charge on any atom is -0.491 e. The molecule has 0 bridgehead atoms. The smallest absolute Gasteiger partial charge is 0.237 e. The Morgan fingerprint density at radius 1 is 1.38 bits per heavy atom. The molecule has 0 aliphatic heterocycles. The largest absolute Gasteiger partial charge is 0.491 e. The summed E-state index contributed by atoms with van der Waals surface area (Å²) in [5.41, 5.74) is 5.64. The first-order valence-electron chi connectivity index (χ1n) is 6.60. The number of hydrogen-bond acceptors (Lipinski definition) is 4. The Morgan fingerprint density at radius 3 is 2.62 bits per heavy atom. The third-order valence-corrected chi connectivity index (χ3v) is 2.87. The number of nitrogens with one attached hydrogen (secondary N) is 1. The number of amides is 1. The van der Waals surface area contributed by atoms with Crippen molar-refractivity contribution < 1.29 is 23.4 Å². The first-order valence-corrected chi connectivity index (χ1v) is 6.60. The second-order valence-corrected chi connectivity index (χ2v) is 5.06. The van der Waals surface area contributed by atoms with Crippen LogP contribution in [0.2, 0.25) is 0 Å². The standard InChI is InChI=1S/C14H20F2N2O3/c1-8(2)13(17)14(20)18-6-9(19)7-21-10-3-4-11(15)12(16)5-10/h3-5,8-9,13,19H,6-7,17H2,1-2H3,(H,18,20)/t9?,13-/m0/s1. The number of hydrogen-bond donors (Lipinski definition) is 3. The van der Waals surface area contributed by atoms with Crippen molar-refractivity contribution in [2.45, 2.75) is 26.0 Å². The van der Waals surface area contributed by atoms with E-state index in [0.717, 1.165) is 12.1 Å². The maximum absolute atomic E-state index is 12.9. The number of carbonyl (C=O) groups is 1. The van der Waals surface area contributed by atoms with E-state index in [2.05, 4.69) is 5.32 Å². The average molecular weight is 302 g/mol. The Balaban J connectivity index is 2.35. The van der Waals surface area contributed by atoms with E-state index in [-0.39, 0.29) is 30.7 Å². The number of halogens is 2. The molecule has 118 valence electrons.